The Morgan fingerprint density at radius 3 is 2.65 bits per heavy atom. The molecule has 1 unspecified atom stereocenters. The first-order valence-electron chi connectivity index (χ1n) is 5.81. The maximum atomic E-state index is 10.7. The summed E-state index contributed by atoms with van der Waals surface area (Å²) in [5.41, 5.74) is 0.708. The summed E-state index contributed by atoms with van der Waals surface area (Å²) >= 11 is 1.20. The highest BCUT2D eigenvalue weighted by Gasteiger charge is 2.22. The molecule has 0 N–H and O–H groups in total. The van der Waals surface area contributed by atoms with Crippen molar-refractivity contribution in [1.29, 1.82) is 0 Å². The number of ether oxygens (including phenoxy) is 2. The number of nitrogens with zero attached hydrogens (tertiary/aromatic N) is 2. The fourth-order valence-corrected chi connectivity index (χ4v) is 2.88. The quantitative estimate of drug-likeness (QED) is 0.558. The van der Waals surface area contributed by atoms with Crippen LogP contribution in [0.2, 0.25) is 0 Å². The highest BCUT2D eigenvalue weighted by Crippen LogP contribution is 2.37. The van der Waals surface area contributed by atoms with Crippen molar-refractivity contribution in [3.05, 3.63) is 44.0 Å². The maximum absolute atomic E-state index is 10.7. The molecule has 8 nitrogen and oxygen atoms in total. The maximum Gasteiger partial charge on any atom is 0.231 e. The van der Waals surface area contributed by atoms with Gasteiger partial charge in [-0.15, -0.1) is 11.8 Å². The van der Waals surface area contributed by atoms with E-state index in [9.17, 15) is 20.2 Å². The Kier molecular flexibility index (Phi) is 4.61. The van der Waals surface area contributed by atoms with Gasteiger partial charge in [-0.25, -0.2) is 0 Å². The average molecular weight is 300 g/mol. The summed E-state index contributed by atoms with van der Waals surface area (Å²) in [6, 6.07) is 5.11. The summed E-state index contributed by atoms with van der Waals surface area (Å²) < 4.78 is 10.4. The number of thioether (sulfide) groups is 1. The summed E-state index contributed by atoms with van der Waals surface area (Å²) in [6.45, 7) is -0.376. The van der Waals surface area contributed by atoms with Gasteiger partial charge in [-0.1, -0.05) is 6.07 Å². The molecule has 0 saturated heterocycles. The number of benzene rings is 1. The van der Waals surface area contributed by atoms with E-state index in [1.54, 1.807) is 18.2 Å². The molecule has 2 rings (SSSR count). The fourth-order valence-electron chi connectivity index (χ4n) is 1.77. The van der Waals surface area contributed by atoms with E-state index in [-0.39, 0.29) is 25.6 Å². The standard InChI is InChI=1S/C11H12N2O6S/c14-12(15)3-4-20-11(6-13(16)17)8-1-2-9-10(5-8)19-7-18-9/h1-2,5,11H,3-4,6-7H2. The SMILES string of the molecule is O=[N+]([O-])CCSC(C[N+](=O)[O-])c1ccc2c(c1)OCO2. The van der Waals surface area contributed by atoms with Gasteiger partial charge in [-0.3, -0.25) is 20.2 Å². The van der Waals surface area contributed by atoms with E-state index in [1.165, 1.54) is 11.8 Å². The number of fused-ring (bicyclic) bond motifs is 1. The van der Waals surface area contributed by atoms with E-state index in [2.05, 4.69) is 0 Å². The molecule has 0 bridgehead atoms. The number of hydrogen-bond donors (Lipinski definition) is 0. The average Bonchev–Trinajstić information content (AvgIpc) is 2.83. The van der Waals surface area contributed by atoms with Crippen LogP contribution in [0.5, 0.6) is 11.5 Å². The van der Waals surface area contributed by atoms with Gasteiger partial charge in [0, 0.05) is 9.85 Å². The summed E-state index contributed by atoms with van der Waals surface area (Å²) in [5, 5.41) is 20.6. The third kappa shape index (κ3) is 3.73. The Hall–Kier alpha value is -2.03. The Morgan fingerprint density at radius 1 is 1.20 bits per heavy atom. The largest absolute Gasteiger partial charge is 0.454 e. The Morgan fingerprint density at radius 2 is 1.95 bits per heavy atom. The third-order valence-corrected chi connectivity index (χ3v) is 3.92. The van der Waals surface area contributed by atoms with Crippen molar-refractivity contribution < 1.29 is 19.3 Å². The minimum Gasteiger partial charge on any atom is -0.454 e. The van der Waals surface area contributed by atoms with Crippen LogP contribution in [0.3, 0.4) is 0 Å². The molecule has 0 spiro atoms. The molecule has 0 aromatic heterocycles. The van der Waals surface area contributed by atoms with Crippen LogP contribution in [0, 0.1) is 20.2 Å². The van der Waals surface area contributed by atoms with Gasteiger partial charge in [-0.05, 0) is 17.7 Å². The molecule has 1 atom stereocenters. The smallest absolute Gasteiger partial charge is 0.231 e. The second kappa shape index (κ2) is 6.42. The minimum absolute atomic E-state index is 0.132. The van der Waals surface area contributed by atoms with Gasteiger partial charge in [0.05, 0.1) is 11.0 Å². The van der Waals surface area contributed by atoms with Crippen molar-refractivity contribution >= 4 is 11.8 Å². The second-order valence-corrected chi connectivity index (χ2v) is 5.35. The molecule has 9 heteroatoms. The first kappa shape index (κ1) is 14.4. The van der Waals surface area contributed by atoms with Crippen molar-refractivity contribution in [3.8, 4) is 11.5 Å². The first-order chi connectivity index (χ1) is 9.56. The summed E-state index contributed by atoms with van der Waals surface area (Å²) in [6.07, 6.45) is 0. The van der Waals surface area contributed by atoms with Gasteiger partial charge in [-0.2, -0.15) is 0 Å². The van der Waals surface area contributed by atoms with Crippen LogP contribution < -0.4 is 9.47 Å². The van der Waals surface area contributed by atoms with Gasteiger partial charge < -0.3 is 9.47 Å². The minimum atomic E-state index is -0.445. The van der Waals surface area contributed by atoms with Crippen LogP contribution in [0.1, 0.15) is 10.8 Å². The van der Waals surface area contributed by atoms with Crippen LogP contribution in [-0.2, 0) is 0 Å². The van der Waals surface area contributed by atoms with Crippen molar-refractivity contribution in [2.24, 2.45) is 0 Å². The molecule has 0 fully saturated rings. The van der Waals surface area contributed by atoms with E-state index in [0.29, 0.717) is 17.1 Å². The fraction of sp³-hybridized carbons (Fsp3) is 0.455. The zero-order valence-electron chi connectivity index (χ0n) is 10.4. The second-order valence-electron chi connectivity index (χ2n) is 4.04. The molecule has 1 aliphatic heterocycles. The molecule has 1 heterocycles. The molecule has 108 valence electrons. The van der Waals surface area contributed by atoms with E-state index in [1.807, 2.05) is 0 Å². The lowest BCUT2D eigenvalue weighted by Gasteiger charge is -2.12. The van der Waals surface area contributed by atoms with Crippen LogP contribution >= 0.6 is 11.8 Å². The first-order valence-corrected chi connectivity index (χ1v) is 6.86. The van der Waals surface area contributed by atoms with Crippen LogP contribution in [0.4, 0.5) is 0 Å². The van der Waals surface area contributed by atoms with E-state index < -0.39 is 15.1 Å². The summed E-state index contributed by atoms with van der Waals surface area (Å²) in [7, 11) is 0. The lowest BCUT2D eigenvalue weighted by atomic mass is 10.1. The van der Waals surface area contributed by atoms with Gasteiger partial charge >= 0.3 is 0 Å². The van der Waals surface area contributed by atoms with Crippen LogP contribution in [-0.4, -0.2) is 35.5 Å². The number of nitro groups is 2. The molecule has 1 aromatic carbocycles. The highest BCUT2D eigenvalue weighted by atomic mass is 32.2. The van der Waals surface area contributed by atoms with Crippen molar-refractivity contribution in [2.45, 2.75) is 5.25 Å². The third-order valence-electron chi connectivity index (χ3n) is 2.68. The number of rotatable bonds is 7. The zero-order chi connectivity index (χ0) is 14.5. The van der Waals surface area contributed by atoms with E-state index >= 15 is 0 Å². The topological polar surface area (TPSA) is 105 Å². The molecule has 1 aliphatic rings. The van der Waals surface area contributed by atoms with E-state index in [4.69, 9.17) is 9.47 Å². The molecule has 0 amide bonds. The van der Waals surface area contributed by atoms with Crippen molar-refractivity contribution in [2.75, 3.05) is 25.6 Å². The van der Waals surface area contributed by atoms with Crippen LogP contribution in [0.25, 0.3) is 0 Å². The normalized spacial score (nSPS) is 14.0. The predicted molar refractivity (Wildman–Crippen MR) is 71.5 cm³/mol. The van der Waals surface area contributed by atoms with Crippen molar-refractivity contribution in [1.82, 2.24) is 0 Å². The summed E-state index contributed by atoms with van der Waals surface area (Å²) in [4.78, 5) is 20.2. The lowest BCUT2D eigenvalue weighted by Crippen LogP contribution is -2.12. The van der Waals surface area contributed by atoms with Crippen molar-refractivity contribution in [3.63, 3.8) is 0 Å². The van der Waals surface area contributed by atoms with Gasteiger partial charge in [0.1, 0.15) is 0 Å². The Balaban J connectivity index is 2.08. The van der Waals surface area contributed by atoms with Gasteiger partial charge in [0.25, 0.3) is 0 Å². The predicted octanol–water partition coefficient (Wildman–Crippen LogP) is 1.74. The van der Waals surface area contributed by atoms with E-state index in [0.717, 1.165) is 0 Å². The number of hydrogen-bond acceptors (Lipinski definition) is 7. The molecular formula is C11H12N2O6S. The molecule has 0 aliphatic carbocycles. The molecule has 0 saturated carbocycles. The Bertz CT molecular complexity index is 524. The lowest BCUT2D eigenvalue weighted by molar-refractivity contribution is -0.480. The highest BCUT2D eigenvalue weighted by molar-refractivity contribution is 7.99. The molecule has 0 radical (unpaired) electrons. The molecule has 20 heavy (non-hydrogen) atoms. The van der Waals surface area contributed by atoms with Gasteiger partial charge in [0.2, 0.25) is 19.9 Å². The molecule has 1 aromatic rings. The monoisotopic (exact) mass is 300 g/mol. The zero-order valence-corrected chi connectivity index (χ0v) is 11.2. The van der Waals surface area contributed by atoms with Crippen LogP contribution in [0.15, 0.2) is 18.2 Å². The Labute approximate surface area is 118 Å². The van der Waals surface area contributed by atoms with Gasteiger partial charge in [0.15, 0.2) is 11.5 Å². The molecular weight excluding hydrogens is 288 g/mol. The summed E-state index contributed by atoms with van der Waals surface area (Å²) in [5.74, 6) is 1.37.